The Morgan fingerprint density at radius 2 is 1.70 bits per heavy atom. The van der Waals surface area contributed by atoms with Crippen LogP contribution in [-0.4, -0.2) is 11.7 Å². The van der Waals surface area contributed by atoms with E-state index in [0.29, 0.717) is 12.8 Å². The molecule has 0 heterocycles. The molecule has 0 spiro atoms. The maximum atomic E-state index is 12.0. The van der Waals surface area contributed by atoms with Crippen LogP contribution >= 0.6 is 0 Å². The Kier molecular flexibility index (Phi) is 1.47. The van der Waals surface area contributed by atoms with Crippen LogP contribution in [0.2, 0.25) is 0 Å². The SMILES string of the molecule is C[C@@](N)(C1CC1)C(F)(F)F. The second-order valence-corrected chi connectivity index (χ2v) is 3.05. The summed E-state index contributed by atoms with van der Waals surface area (Å²) in [5.74, 6) is -0.340. The van der Waals surface area contributed by atoms with Gasteiger partial charge in [-0.3, -0.25) is 0 Å². The van der Waals surface area contributed by atoms with Gasteiger partial charge in [0.2, 0.25) is 0 Å². The topological polar surface area (TPSA) is 26.0 Å². The average molecular weight is 153 g/mol. The highest BCUT2D eigenvalue weighted by Crippen LogP contribution is 2.46. The Balaban J connectivity index is 2.66. The number of rotatable bonds is 1. The van der Waals surface area contributed by atoms with E-state index in [1.165, 1.54) is 0 Å². The summed E-state index contributed by atoms with van der Waals surface area (Å²) in [4.78, 5) is 0. The molecule has 60 valence electrons. The van der Waals surface area contributed by atoms with Gasteiger partial charge >= 0.3 is 6.18 Å². The van der Waals surface area contributed by atoms with E-state index in [9.17, 15) is 13.2 Å². The van der Waals surface area contributed by atoms with Gasteiger partial charge in [-0.1, -0.05) is 0 Å². The van der Waals surface area contributed by atoms with E-state index in [-0.39, 0.29) is 5.92 Å². The second kappa shape index (κ2) is 1.87. The monoisotopic (exact) mass is 153 g/mol. The first-order chi connectivity index (χ1) is 4.36. The van der Waals surface area contributed by atoms with Crippen molar-refractivity contribution in [1.82, 2.24) is 0 Å². The van der Waals surface area contributed by atoms with Crippen molar-refractivity contribution in [2.45, 2.75) is 31.5 Å². The third-order valence-corrected chi connectivity index (χ3v) is 2.04. The van der Waals surface area contributed by atoms with Crippen molar-refractivity contribution >= 4 is 0 Å². The minimum absolute atomic E-state index is 0.340. The smallest absolute Gasteiger partial charge is 0.318 e. The zero-order valence-electron chi connectivity index (χ0n) is 5.70. The normalized spacial score (nSPS) is 26.1. The summed E-state index contributed by atoms with van der Waals surface area (Å²) in [6, 6.07) is 0. The summed E-state index contributed by atoms with van der Waals surface area (Å²) in [6.07, 6.45) is -3.01. The van der Waals surface area contributed by atoms with E-state index in [0.717, 1.165) is 6.92 Å². The van der Waals surface area contributed by atoms with Crippen molar-refractivity contribution < 1.29 is 13.2 Å². The number of hydrogen-bond acceptors (Lipinski definition) is 1. The molecule has 1 atom stereocenters. The maximum Gasteiger partial charge on any atom is 0.406 e. The lowest BCUT2D eigenvalue weighted by Crippen LogP contribution is -2.52. The summed E-state index contributed by atoms with van der Waals surface area (Å²) in [5, 5.41) is 0. The van der Waals surface area contributed by atoms with Gasteiger partial charge < -0.3 is 5.73 Å². The molecule has 2 N–H and O–H groups in total. The van der Waals surface area contributed by atoms with Crippen molar-refractivity contribution in [3.8, 4) is 0 Å². The van der Waals surface area contributed by atoms with Crippen LogP contribution in [0.4, 0.5) is 13.2 Å². The molecular weight excluding hydrogens is 143 g/mol. The number of alkyl halides is 3. The molecule has 1 aliphatic rings. The molecule has 0 amide bonds. The molecule has 0 aromatic heterocycles. The van der Waals surface area contributed by atoms with E-state index in [2.05, 4.69) is 0 Å². The first-order valence-corrected chi connectivity index (χ1v) is 3.21. The minimum atomic E-state index is -4.24. The summed E-state index contributed by atoms with van der Waals surface area (Å²) >= 11 is 0. The zero-order chi connectivity index (χ0) is 7.99. The number of halogens is 3. The molecule has 1 saturated carbocycles. The van der Waals surface area contributed by atoms with Crippen molar-refractivity contribution in [2.24, 2.45) is 11.7 Å². The highest BCUT2D eigenvalue weighted by atomic mass is 19.4. The van der Waals surface area contributed by atoms with Crippen LogP contribution in [0.1, 0.15) is 19.8 Å². The predicted octanol–water partition coefficient (Wildman–Crippen LogP) is 1.68. The molecule has 0 saturated heterocycles. The Hall–Kier alpha value is -0.250. The van der Waals surface area contributed by atoms with Crippen LogP contribution in [-0.2, 0) is 0 Å². The fraction of sp³-hybridized carbons (Fsp3) is 1.00. The predicted molar refractivity (Wildman–Crippen MR) is 31.4 cm³/mol. The standard InChI is InChI=1S/C6H10F3N/c1-5(10,4-2-3-4)6(7,8)9/h4H,2-3,10H2,1H3/t5-/m1/s1. The minimum Gasteiger partial charge on any atom is -0.318 e. The van der Waals surface area contributed by atoms with Crippen LogP contribution in [0.25, 0.3) is 0 Å². The zero-order valence-corrected chi connectivity index (χ0v) is 5.70. The number of hydrogen-bond donors (Lipinski definition) is 1. The average Bonchev–Trinajstić information content (AvgIpc) is 2.38. The first-order valence-electron chi connectivity index (χ1n) is 3.21. The third-order valence-electron chi connectivity index (χ3n) is 2.04. The highest BCUT2D eigenvalue weighted by Gasteiger charge is 2.56. The Morgan fingerprint density at radius 1 is 1.30 bits per heavy atom. The van der Waals surface area contributed by atoms with E-state index < -0.39 is 11.7 Å². The summed E-state index contributed by atoms with van der Waals surface area (Å²) < 4.78 is 36.0. The Labute approximate surface area is 57.4 Å². The van der Waals surface area contributed by atoms with Crippen molar-refractivity contribution in [1.29, 1.82) is 0 Å². The molecule has 1 nitrogen and oxygen atoms in total. The Bertz CT molecular complexity index is 134. The molecule has 0 aromatic carbocycles. The molecule has 0 aliphatic heterocycles. The van der Waals surface area contributed by atoms with Crippen molar-refractivity contribution in [3.63, 3.8) is 0 Å². The molecule has 0 radical (unpaired) electrons. The van der Waals surface area contributed by atoms with E-state index >= 15 is 0 Å². The lowest BCUT2D eigenvalue weighted by Gasteiger charge is -2.27. The summed E-state index contributed by atoms with van der Waals surface area (Å²) in [6.45, 7) is 1.06. The fourth-order valence-electron chi connectivity index (χ4n) is 0.914. The molecule has 0 unspecified atom stereocenters. The first kappa shape index (κ1) is 7.85. The van der Waals surface area contributed by atoms with Gasteiger partial charge in [-0.05, 0) is 25.7 Å². The summed E-state index contributed by atoms with van der Waals surface area (Å²) in [7, 11) is 0. The maximum absolute atomic E-state index is 12.0. The lowest BCUT2D eigenvalue weighted by atomic mass is 9.97. The van der Waals surface area contributed by atoms with Gasteiger partial charge in [0.15, 0.2) is 0 Å². The van der Waals surface area contributed by atoms with Gasteiger partial charge in [-0.15, -0.1) is 0 Å². The molecule has 4 heteroatoms. The van der Waals surface area contributed by atoms with Crippen molar-refractivity contribution in [3.05, 3.63) is 0 Å². The molecule has 1 fully saturated rings. The molecule has 1 aliphatic carbocycles. The van der Waals surface area contributed by atoms with Gasteiger partial charge in [0.25, 0.3) is 0 Å². The molecule has 0 aromatic rings. The van der Waals surface area contributed by atoms with Crippen LogP contribution < -0.4 is 5.73 Å². The molecule has 1 rings (SSSR count). The third kappa shape index (κ3) is 1.12. The van der Waals surface area contributed by atoms with Gasteiger partial charge in [0.05, 0.1) is 0 Å². The van der Waals surface area contributed by atoms with Crippen LogP contribution in [0, 0.1) is 5.92 Å². The highest BCUT2D eigenvalue weighted by molar-refractivity contribution is 5.00. The van der Waals surface area contributed by atoms with Crippen molar-refractivity contribution in [2.75, 3.05) is 0 Å². The Morgan fingerprint density at radius 3 is 1.80 bits per heavy atom. The molecule has 10 heavy (non-hydrogen) atoms. The van der Waals surface area contributed by atoms with Crippen LogP contribution in [0.5, 0.6) is 0 Å². The van der Waals surface area contributed by atoms with E-state index in [4.69, 9.17) is 5.73 Å². The van der Waals surface area contributed by atoms with Gasteiger partial charge in [-0.25, -0.2) is 0 Å². The van der Waals surface area contributed by atoms with Gasteiger partial charge in [0, 0.05) is 0 Å². The van der Waals surface area contributed by atoms with Crippen LogP contribution in [0.3, 0.4) is 0 Å². The molecular formula is C6H10F3N. The second-order valence-electron chi connectivity index (χ2n) is 3.05. The van der Waals surface area contributed by atoms with Crippen LogP contribution in [0.15, 0.2) is 0 Å². The van der Waals surface area contributed by atoms with Gasteiger partial charge in [-0.2, -0.15) is 13.2 Å². The summed E-state index contributed by atoms with van der Waals surface area (Å²) in [5.41, 5.74) is 3.12. The van der Waals surface area contributed by atoms with Gasteiger partial charge in [0.1, 0.15) is 5.54 Å². The number of nitrogens with two attached hydrogens (primary N) is 1. The van der Waals surface area contributed by atoms with E-state index in [1.807, 2.05) is 0 Å². The quantitative estimate of drug-likeness (QED) is 0.609. The lowest BCUT2D eigenvalue weighted by molar-refractivity contribution is -0.186. The molecule has 0 bridgehead atoms. The fourth-order valence-corrected chi connectivity index (χ4v) is 0.914. The van der Waals surface area contributed by atoms with E-state index in [1.54, 1.807) is 0 Å². The largest absolute Gasteiger partial charge is 0.406 e.